The predicted octanol–water partition coefficient (Wildman–Crippen LogP) is 6.70. The van der Waals surface area contributed by atoms with E-state index in [1.165, 1.54) is 25.7 Å². The maximum atomic E-state index is 14.3. The molecule has 3 aromatic heterocycles. The van der Waals surface area contributed by atoms with E-state index in [0.717, 1.165) is 53.6 Å². The van der Waals surface area contributed by atoms with Gasteiger partial charge in [0.2, 0.25) is 0 Å². The first-order valence-corrected chi connectivity index (χ1v) is 15.1. The molecule has 8 heteroatoms. The minimum atomic E-state index is 0.130. The van der Waals surface area contributed by atoms with Crippen LogP contribution in [0.2, 0.25) is 0 Å². The Kier molecular flexibility index (Phi) is 8.92. The van der Waals surface area contributed by atoms with Crippen molar-refractivity contribution in [3.63, 3.8) is 0 Å². The number of aryl methyl sites for hydroxylation is 1. The Hall–Kier alpha value is -3.55. The molecule has 40 heavy (non-hydrogen) atoms. The SMILES string of the molecule is CCCCc1cn(C2C(CC)CCCCC2C(C)C)c(=O)n1Cc1cnccc1-c1ccc(-c2nnn[nH]2)cc1. The fourth-order valence-corrected chi connectivity index (χ4v) is 6.67. The number of benzene rings is 1. The van der Waals surface area contributed by atoms with Gasteiger partial charge in [-0.25, -0.2) is 9.89 Å². The lowest BCUT2D eigenvalue weighted by Gasteiger charge is -2.34. The van der Waals surface area contributed by atoms with Crippen LogP contribution >= 0.6 is 0 Å². The van der Waals surface area contributed by atoms with Gasteiger partial charge in [0, 0.05) is 35.9 Å². The van der Waals surface area contributed by atoms with Crippen LogP contribution in [0.5, 0.6) is 0 Å². The maximum absolute atomic E-state index is 14.3. The highest BCUT2D eigenvalue weighted by molar-refractivity contribution is 5.69. The van der Waals surface area contributed by atoms with E-state index >= 15 is 0 Å². The number of hydrogen-bond donors (Lipinski definition) is 1. The minimum absolute atomic E-state index is 0.130. The molecule has 4 aromatic rings. The summed E-state index contributed by atoms with van der Waals surface area (Å²) in [6, 6.07) is 10.5. The highest BCUT2D eigenvalue weighted by Crippen LogP contribution is 2.42. The van der Waals surface area contributed by atoms with E-state index < -0.39 is 0 Å². The van der Waals surface area contributed by atoms with Crippen molar-refractivity contribution in [1.29, 1.82) is 0 Å². The Morgan fingerprint density at radius 1 is 1.05 bits per heavy atom. The number of tetrazole rings is 1. The molecule has 1 aliphatic rings. The van der Waals surface area contributed by atoms with E-state index in [1.807, 2.05) is 35.2 Å². The van der Waals surface area contributed by atoms with Crippen LogP contribution in [0.4, 0.5) is 0 Å². The van der Waals surface area contributed by atoms with Gasteiger partial charge in [-0.05, 0) is 76.6 Å². The first-order valence-electron chi connectivity index (χ1n) is 15.1. The third kappa shape index (κ3) is 5.81. The normalized spacial score (nSPS) is 19.7. The van der Waals surface area contributed by atoms with Gasteiger partial charge >= 0.3 is 5.69 Å². The monoisotopic (exact) mass is 541 g/mol. The summed E-state index contributed by atoms with van der Waals surface area (Å²) < 4.78 is 4.17. The molecule has 1 N–H and O–H groups in total. The lowest BCUT2D eigenvalue weighted by Crippen LogP contribution is -2.36. The predicted molar refractivity (Wildman–Crippen MR) is 159 cm³/mol. The first kappa shape index (κ1) is 28.0. The third-order valence-electron chi connectivity index (χ3n) is 8.91. The molecule has 0 aliphatic heterocycles. The zero-order valence-corrected chi connectivity index (χ0v) is 24.4. The second kappa shape index (κ2) is 12.7. The summed E-state index contributed by atoms with van der Waals surface area (Å²) >= 11 is 0. The molecule has 212 valence electrons. The minimum Gasteiger partial charge on any atom is -0.295 e. The van der Waals surface area contributed by atoms with Crippen LogP contribution in [-0.4, -0.2) is 34.7 Å². The number of hydrogen-bond acceptors (Lipinski definition) is 5. The number of pyridine rings is 1. The van der Waals surface area contributed by atoms with E-state index in [-0.39, 0.29) is 11.7 Å². The highest BCUT2D eigenvalue weighted by atomic mass is 16.1. The second-order valence-electron chi connectivity index (χ2n) is 11.7. The summed E-state index contributed by atoms with van der Waals surface area (Å²) in [6.07, 6.45) is 15.1. The molecule has 1 fully saturated rings. The second-order valence-corrected chi connectivity index (χ2v) is 11.7. The van der Waals surface area contributed by atoms with Gasteiger partial charge in [-0.1, -0.05) is 77.6 Å². The summed E-state index contributed by atoms with van der Waals surface area (Å²) in [5.41, 5.74) is 5.39. The topological polar surface area (TPSA) is 94.3 Å². The Balaban J connectivity index is 1.53. The molecule has 0 spiro atoms. The van der Waals surface area contributed by atoms with Crippen molar-refractivity contribution in [2.45, 2.75) is 91.6 Å². The number of nitrogens with zero attached hydrogens (tertiary/aromatic N) is 6. The number of rotatable bonds is 10. The average Bonchev–Trinajstić information content (AvgIpc) is 3.55. The molecule has 1 aliphatic carbocycles. The molecular weight excluding hydrogens is 498 g/mol. The summed E-state index contributed by atoms with van der Waals surface area (Å²) in [5, 5.41) is 14.2. The van der Waals surface area contributed by atoms with E-state index in [4.69, 9.17) is 0 Å². The number of H-pyrrole nitrogens is 1. The van der Waals surface area contributed by atoms with Crippen molar-refractivity contribution < 1.29 is 0 Å². The van der Waals surface area contributed by atoms with E-state index in [1.54, 1.807) is 0 Å². The van der Waals surface area contributed by atoms with E-state index in [2.05, 4.69) is 76.2 Å². The molecule has 3 atom stereocenters. The summed E-state index contributed by atoms with van der Waals surface area (Å²) in [4.78, 5) is 18.8. The van der Waals surface area contributed by atoms with Gasteiger partial charge in [0.1, 0.15) is 0 Å². The molecule has 1 aromatic carbocycles. The Bertz CT molecular complexity index is 1420. The number of nitrogens with one attached hydrogen (secondary N) is 1. The van der Waals surface area contributed by atoms with Crippen LogP contribution < -0.4 is 5.69 Å². The lowest BCUT2D eigenvalue weighted by atomic mass is 9.79. The molecule has 1 saturated carbocycles. The van der Waals surface area contributed by atoms with Gasteiger partial charge in [0.05, 0.1) is 6.54 Å². The molecule has 3 unspecified atom stereocenters. The quantitative estimate of drug-likeness (QED) is 0.226. The molecule has 0 saturated heterocycles. The molecule has 0 amide bonds. The summed E-state index contributed by atoms with van der Waals surface area (Å²) in [6.45, 7) is 9.69. The van der Waals surface area contributed by atoms with Gasteiger partial charge < -0.3 is 0 Å². The van der Waals surface area contributed by atoms with Crippen molar-refractivity contribution in [1.82, 2.24) is 34.7 Å². The zero-order valence-electron chi connectivity index (χ0n) is 24.4. The molecule has 0 bridgehead atoms. The largest absolute Gasteiger partial charge is 0.328 e. The molecule has 8 nitrogen and oxygen atoms in total. The number of aromatic amines is 1. The van der Waals surface area contributed by atoms with Crippen molar-refractivity contribution in [3.8, 4) is 22.5 Å². The number of imidazole rings is 1. The third-order valence-corrected chi connectivity index (χ3v) is 8.91. The first-order chi connectivity index (χ1) is 19.5. The molecule has 3 heterocycles. The van der Waals surface area contributed by atoms with Gasteiger partial charge in [0.15, 0.2) is 5.82 Å². The maximum Gasteiger partial charge on any atom is 0.328 e. The standard InChI is InChI=1S/C32H43N7O/c1-5-7-11-27-21-39(30-23(6-2)10-8-9-12-28(30)22(3)4)32(40)38(27)20-26-19-33-18-17-29(26)24-13-15-25(16-14-24)31-34-36-37-35-31/h13-19,21-23,28,30H,5-12,20H2,1-4H3,(H,34,35,36,37). The fraction of sp³-hybridized carbons (Fsp3) is 0.531. The lowest BCUT2D eigenvalue weighted by molar-refractivity contribution is 0.175. The van der Waals surface area contributed by atoms with Crippen molar-refractivity contribution >= 4 is 0 Å². The van der Waals surface area contributed by atoms with Crippen molar-refractivity contribution in [2.75, 3.05) is 0 Å². The van der Waals surface area contributed by atoms with Crippen molar-refractivity contribution in [2.24, 2.45) is 17.8 Å². The van der Waals surface area contributed by atoms with Gasteiger partial charge in [-0.2, -0.15) is 0 Å². The Labute approximate surface area is 237 Å². The highest BCUT2D eigenvalue weighted by Gasteiger charge is 2.35. The van der Waals surface area contributed by atoms with Crippen molar-refractivity contribution in [3.05, 3.63) is 70.7 Å². The number of aromatic nitrogens is 7. The Morgan fingerprint density at radius 2 is 1.82 bits per heavy atom. The molecule has 0 radical (unpaired) electrons. The van der Waals surface area contributed by atoms with Crippen LogP contribution in [0.3, 0.4) is 0 Å². The number of unbranched alkanes of at least 4 members (excludes halogenated alkanes) is 1. The fourth-order valence-electron chi connectivity index (χ4n) is 6.67. The van der Waals surface area contributed by atoms with Crippen LogP contribution in [0.1, 0.15) is 89.9 Å². The summed E-state index contributed by atoms with van der Waals surface area (Å²) in [5.74, 6) is 2.24. The zero-order chi connectivity index (χ0) is 28.1. The van der Waals surface area contributed by atoms with Gasteiger partial charge in [-0.15, -0.1) is 5.10 Å². The molecular formula is C32H43N7O. The smallest absolute Gasteiger partial charge is 0.295 e. The van der Waals surface area contributed by atoms with Crippen LogP contribution in [0, 0.1) is 17.8 Å². The van der Waals surface area contributed by atoms with Gasteiger partial charge in [-0.3, -0.25) is 14.1 Å². The van der Waals surface area contributed by atoms with E-state index in [9.17, 15) is 4.79 Å². The van der Waals surface area contributed by atoms with Crippen LogP contribution in [-0.2, 0) is 13.0 Å². The summed E-state index contributed by atoms with van der Waals surface area (Å²) in [7, 11) is 0. The average molecular weight is 542 g/mol. The van der Waals surface area contributed by atoms with E-state index in [0.29, 0.717) is 30.1 Å². The van der Waals surface area contributed by atoms with Crippen LogP contribution in [0.15, 0.2) is 53.7 Å². The van der Waals surface area contributed by atoms with Gasteiger partial charge in [0.25, 0.3) is 0 Å². The molecule has 5 rings (SSSR count). The Morgan fingerprint density at radius 3 is 2.52 bits per heavy atom. The van der Waals surface area contributed by atoms with Crippen LogP contribution in [0.25, 0.3) is 22.5 Å².